The zero-order chi connectivity index (χ0) is 22.7. The van der Waals surface area contributed by atoms with Gasteiger partial charge in [-0.2, -0.15) is 13.2 Å². The van der Waals surface area contributed by atoms with Crippen LogP contribution >= 0.6 is 35.3 Å². The van der Waals surface area contributed by atoms with Crippen LogP contribution in [-0.2, 0) is 6.18 Å². The van der Waals surface area contributed by atoms with E-state index in [2.05, 4.69) is 20.0 Å². The first-order chi connectivity index (χ1) is 15.3. The highest BCUT2D eigenvalue weighted by Crippen LogP contribution is 2.36. The summed E-state index contributed by atoms with van der Waals surface area (Å²) in [5.74, 6) is 0. The lowest BCUT2D eigenvalue weighted by Crippen LogP contribution is -2.22. The molecule has 4 rings (SSSR count). The summed E-state index contributed by atoms with van der Waals surface area (Å²) in [5.41, 5.74) is 1.41. The van der Waals surface area contributed by atoms with Crippen molar-refractivity contribution in [2.75, 3.05) is 5.32 Å². The number of halogens is 4. The zero-order valence-electron chi connectivity index (χ0n) is 16.0. The summed E-state index contributed by atoms with van der Waals surface area (Å²) in [6, 6.07) is 17.7. The van der Waals surface area contributed by atoms with Gasteiger partial charge in [-0.1, -0.05) is 35.5 Å². The summed E-state index contributed by atoms with van der Waals surface area (Å²) in [4.78, 5) is 21.0. The summed E-state index contributed by atoms with van der Waals surface area (Å²) < 4.78 is 41.3. The van der Waals surface area contributed by atoms with E-state index in [4.69, 9.17) is 11.6 Å². The van der Waals surface area contributed by atoms with Gasteiger partial charge in [-0.15, -0.1) is 0 Å². The predicted octanol–water partition coefficient (Wildman–Crippen LogP) is 7.22. The van der Waals surface area contributed by atoms with Crippen LogP contribution in [0.1, 0.15) is 5.56 Å². The fraction of sp³-hybridized carbons (Fsp3) is 0.0476. The number of amides is 2. The Balaban J connectivity index is 1.33. The van der Waals surface area contributed by atoms with Crippen molar-refractivity contribution >= 4 is 58.1 Å². The Hall–Kier alpha value is -2.82. The number of imidazole rings is 1. The molecule has 0 aliphatic carbocycles. The van der Waals surface area contributed by atoms with E-state index in [9.17, 15) is 18.0 Å². The van der Waals surface area contributed by atoms with Crippen LogP contribution in [0.15, 0.2) is 81.7 Å². The summed E-state index contributed by atoms with van der Waals surface area (Å²) in [6.07, 6.45) is -4.57. The van der Waals surface area contributed by atoms with E-state index in [1.807, 2.05) is 36.4 Å². The summed E-state index contributed by atoms with van der Waals surface area (Å²) in [7, 11) is 0. The fourth-order valence-corrected chi connectivity index (χ4v) is 4.34. The van der Waals surface area contributed by atoms with Crippen molar-refractivity contribution in [2.45, 2.75) is 21.1 Å². The van der Waals surface area contributed by atoms with Gasteiger partial charge in [0.2, 0.25) is 0 Å². The molecule has 4 aromatic rings. The Bertz CT molecular complexity index is 1230. The van der Waals surface area contributed by atoms with Crippen LogP contribution in [0.2, 0.25) is 5.02 Å². The molecule has 2 amide bonds. The van der Waals surface area contributed by atoms with Gasteiger partial charge in [0.25, 0.3) is 0 Å². The van der Waals surface area contributed by atoms with Crippen LogP contribution < -0.4 is 10.0 Å². The maximum Gasteiger partial charge on any atom is 0.417 e. The van der Waals surface area contributed by atoms with Crippen LogP contribution in [0.3, 0.4) is 0 Å². The quantitative estimate of drug-likeness (QED) is 0.256. The van der Waals surface area contributed by atoms with Gasteiger partial charge in [-0.3, -0.25) is 4.72 Å². The SMILES string of the molecule is O=C(NSc1ccc(Cl)c(C(F)(F)F)c1)Nc1ccc(Sc2nc3ccccc3[nH]2)cc1. The normalized spacial score (nSPS) is 11.5. The lowest BCUT2D eigenvalue weighted by molar-refractivity contribution is -0.137. The van der Waals surface area contributed by atoms with Crippen LogP contribution in [0.5, 0.6) is 0 Å². The molecule has 11 heteroatoms. The van der Waals surface area contributed by atoms with Crippen molar-refractivity contribution in [2.24, 2.45) is 0 Å². The Morgan fingerprint density at radius 3 is 2.44 bits per heavy atom. The van der Waals surface area contributed by atoms with E-state index < -0.39 is 22.8 Å². The lowest BCUT2D eigenvalue weighted by atomic mass is 10.2. The molecular weight excluding hydrogens is 481 g/mol. The molecule has 3 aromatic carbocycles. The third kappa shape index (κ3) is 5.50. The minimum absolute atomic E-state index is 0.203. The molecule has 0 radical (unpaired) electrons. The van der Waals surface area contributed by atoms with Crippen molar-refractivity contribution in [1.82, 2.24) is 14.7 Å². The molecule has 1 heterocycles. The number of aromatic amines is 1. The molecule has 32 heavy (non-hydrogen) atoms. The molecule has 0 aliphatic heterocycles. The number of rotatable bonds is 5. The molecule has 0 bridgehead atoms. The molecule has 0 saturated carbocycles. The average Bonchev–Trinajstić information content (AvgIpc) is 3.16. The monoisotopic (exact) mass is 494 g/mol. The molecular formula is C21H14ClF3N4OS2. The molecule has 0 unspecified atom stereocenters. The van der Waals surface area contributed by atoms with E-state index in [1.54, 1.807) is 12.1 Å². The number of nitrogens with zero attached hydrogens (tertiary/aromatic N) is 1. The van der Waals surface area contributed by atoms with E-state index in [1.165, 1.54) is 17.8 Å². The van der Waals surface area contributed by atoms with E-state index >= 15 is 0 Å². The van der Waals surface area contributed by atoms with Crippen LogP contribution in [0, 0.1) is 0 Å². The molecule has 164 valence electrons. The van der Waals surface area contributed by atoms with Crippen molar-refractivity contribution in [3.05, 3.63) is 77.3 Å². The van der Waals surface area contributed by atoms with Crippen molar-refractivity contribution in [3.63, 3.8) is 0 Å². The molecule has 0 saturated heterocycles. The van der Waals surface area contributed by atoms with Crippen molar-refractivity contribution in [1.29, 1.82) is 0 Å². The second-order valence-electron chi connectivity index (χ2n) is 6.48. The Morgan fingerprint density at radius 1 is 1.00 bits per heavy atom. The largest absolute Gasteiger partial charge is 0.417 e. The van der Waals surface area contributed by atoms with Gasteiger partial charge in [0.05, 0.1) is 21.6 Å². The number of hydrogen-bond donors (Lipinski definition) is 3. The maximum atomic E-state index is 12.9. The topological polar surface area (TPSA) is 69.8 Å². The lowest BCUT2D eigenvalue weighted by Gasteiger charge is -2.11. The average molecular weight is 495 g/mol. The van der Waals surface area contributed by atoms with Gasteiger partial charge in [0, 0.05) is 15.5 Å². The number of urea groups is 1. The smallest absolute Gasteiger partial charge is 0.333 e. The van der Waals surface area contributed by atoms with Crippen LogP contribution in [0.4, 0.5) is 23.7 Å². The minimum atomic E-state index is -4.57. The van der Waals surface area contributed by atoms with Gasteiger partial charge in [0.1, 0.15) is 0 Å². The molecule has 0 aliphatic rings. The third-order valence-corrected chi connectivity index (χ3v) is 6.20. The van der Waals surface area contributed by atoms with Crippen LogP contribution in [-0.4, -0.2) is 16.0 Å². The molecule has 0 spiro atoms. The van der Waals surface area contributed by atoms with E-state index in [-0.39, 0.29) is 4.90 Å². The van der Waals surface area contributed by atoms with Gasteiger partial charge in [-0.05, 0) is 66.5 Å². The highest BCUT2D eigenvalue weighted by Gasteiger charge is 2.33. The molecule has 0 fully saturated rings. The number of alkyl halides is 3. The molecule has 5 nitrogen and oxygen atoms in total. The third-order valence-electron chi connectivity index (χ3n) is 4.20. The number of aromatic nitrogens is 2. The fourth-order valence-electron chi connectivity index (χ4n) is 2.74. The first-order valence-corrected chi connectivity index (χ1v) is 11.1. The summed E-state index contributed by atoms with van der Waals surface area (Å²) >= 11 is 7.81. The number of para-hydroxylation sites is 2. The number of H-pyrrole nitrogens is 1. The van der Waals surface area contributed by atoms with Crippen LogP contribution in [0.25, 0.3) is 11.0 Å². The Morgan fingerprint density at radius 2 is 1.72 bits per heavy atom. The van der Waals surface area contributed by atoms with E-state index in [0.29, 0.717) is 5.69 Å². The highest BCUT2D eigenvalue weighted by atomic mass is 35.5. The minimum Gasteiger partial charge on any atom is -0.333 e. The van der Waals surface area contributed by atoms with Gasteiger partial charge in [-0.25, -0.2) is 9.78 Å². The van der Waals surface area contributed by atoms with Gasteiger partial charge >= 0.3 is 12.2 Å². The zero-order valence-corrected chi connectivity index (χ0v) is 18.4. The molecule has 3 N–H and O–H groups in total. The number of fused-ring (bicyclic) bond motifs is 1. The Kier molecular flexibility index (Phi) is 6.54. The number of benzene rings is 3. The number of hydrogen-bond acceptors (Lipinski definition) is 4. The molecule has 0 atom stereocenters. The number of nitrogens with one attached hydrogen (secondary N) is 3. The summed E-state index contributed by atoms with van der Waals surface area (Å²) in [6.45, 7) is 0. The van der Waals surface area contributed by atoms with Gasteiger partial charge in [0.15, 0.2) is 5.16 Å². The number of carbonyl (C=O) groups is 1. The number of carbonyl (C=O) groups excluding carboxylic acids is 1. The highest BCUT2D eigenvalue weighted by molar-refractivity contribution is 7.99. The van der Waals surface area contributed by atoms with Crippen molar-refractivity contribution in [3.8, 4) is 0 Å². The maximum absolute atomic E-state index is 12.9. The second-order valence-corrected chi connectivity index (χ2v) is 8.83. The first-order valence-electron chi connectivity index (χ1n) is 9.11. The molecule has 1 aromatic heterocycles. The second kappa shape index (κ2) is 9.35. The Labute approximate surface area is 194 Å². The van der Waals surface area contributed by atoms with E-state index in [0.717, 1.165) is 45.2 Å². The predicted molar refractivity (Wildman–Crippen MR) is 121 cm³/mol. The van der Waals surface area contributed by atoms with Crippen molar-refractivity contribution < 1.29 is 18.0 Å². The first kappa shape index (κ1) is 22.4. The standard InChI is InChI=1S/C21H14ClF3N4OS2/c22-16-10-9-14(11-15(16)21(23,24)25)32-29-19(30)26-12-5-7-13(8-6-12)31-20-27-17-3-1-2-4-18(17)28-20/h1-11H,(H,27,28)(H2,26,29,30). The summed E-state index contributed by atoms with van der Waals surface area (Å²) in [5, 5.41) is 2.98. The van der Waals surface area contributed by atoms with Gasteiger partial charge < -0.3 is 10.3 Å². The number of anilines is 1.